The van der Waals surface area contributed by atoms with Crippen LogP contribution in [0.3, 0.4) is 0 Å². The van der Waals surface area contributed by atoms with Gasteiger partial charge in [-0.2, -0.15) is 0 Å². The molecule has 0 aromatic heterocycles. The van der Waals surface area contributed by atoms with Crippen molar-refractivity contribution in [3.63, 3.8) is 0 Å². The highest BCUT2D eigenvalue weighted by Crippen LogP contribution is 2.26. The predicted octanol–water partition coefficient (Wildman–Crippen LogP) is 3.59. The van der Waals surface area contributed by atoms with Gasteiger partial charge < -0.3 is 26.6 Å². The molecule has 1 aliphatic rings. The Morgan fingerprint density at radius 3 is 2.31 bits per heavy atom. The van der Waals surface area contributed by atoms with Gasteiger partial charge in [-0.15, -0.1) is 0 Å². The van der Waals surface area contributed by atoms with Crippen LogP contribution in [0.1, 0.15) is 47.8 Å². The molecular weight excluding hydrogens is 490 g/mol. The van der Waals surface area contributed by atoms with Crippen LogP contribution in [0.4, 0.5) is 4.79 Å². The molecule has 8 nitrogen and oxygen atoms in total. The molecule has 0 saturated heterocycles. The smallest absolute Gasteiger partial charge is 0.315 e. The number of amides is 4. The van der Waals surface area contributed by atoms with Crippen LogP contribution in [0.25, 0.3) is 11.1 Å². The van der Waals surface area contributed by atoms with E-state index in [4.69, 9.17) is 5.73 Å². The zero-order chi connectivity index (χ0) is 28.0. The second kappa shape index (κ2) is 12.1. The molecule has 1 atom stereocenters. The van der Waals surface area contributed by atoms with Crippen molar-refractivity contribution >= 4 is 17.8 Å². The van der Waals surface area contributed by atoms with E-state index in [9.17, 15) is 14.4 Å². The molecule has 5 N–H and O–H groups in total. The molecule has 204 valence electrons. The van der Waals surface area contributed by atoms with Gasteiger partial charge in [0.2, 0.25) is 5.91 Å². The lowest BCUT2D eigenvalue weighted by Crippen LogP contribution is -2.54. The molecule has 4 rings (SSSR count). The summed E-state index contributed by atoms with van der Waals surface area (Å²) < 4.78 is 0. The van der Waals surface area contributed by atoms with Gasteiger partial charge in [-0.25, -0.2) is 4.79 Å². The van der Waals surface area contributed by atoms with E-state index in [0.717, 1.165) is 27.8 Å². The Morgan fingerprint density at radius 2 is 1.62 bits per heavy atom. The molecule has 0 saturated carbocycles. The Morgan fingerprint density at radius 1 is 0.949 bits per heavy atom. The van der Waals surface area contributed by atoms with Crippen molar-refractivity contribution in [2.24, 2.45) is 5.73 Å². The SMILES string of the molecule is CCNC(=O)NCc1ccccc1-c1ccc(CN2C[C@H](NC(=O)C(C)(C)N)Cc3ccccc3C2=O)cc1. The van der Waals surface area contributed by atoms with Crippen molar-refractivity contribution in [1.82, 2.24) is 20.9 Å². The van der Waals surface area contributed by atoms with E-state index in [1.54, 1.807) is 18.7 Å². The zero-order valence-electron chi connectivity index (χ0n) is 22.8. The van der Waals surface area contributed by atoms with Crippen LogP contribution in [0.15, 0.2) is 72.8 Å². The van der Waals surface area contributed by atoms with Gasteiger partial charge in [0.15, 0.2) is 0 Å². The molecule has 0 fully saturated rings. The second-order valence-corrected chi connectivity index (χ2v) is 10.5. The second-order valence-electron chi connectivity index (χ2n) is 10.5. The zero-order valence-corrected chi connectivity index (χ0v) is 22.8. The van der Waals surface area contributed by atoms with Crippen LogP contribution in [-0.4, -0.2) is 47.4 Å². The fourth-order valence-electron chi connectivity index (χ4n) is 4.73. The summed E-state index contributed by atoms with van der Waals surface area (Å²) in [5, 5.41) is 8.68. The molecule has 3 aromatic rings. The fourth-order valence-corrected chi connectivity index (χ4v) is 4.73. The number of rotatable bonds is 8. The first-order valence-corrected chi connectivity index (χ1v) is 13.3. The third-order valence-electron chi connectivity index (χ3n) is 6.79. The van der Waals surface area contributed by atoms with Gasteiger partial charge in [0.25, 0.3) is 5.91 Å². The highest BCUT2D eigenvalue weighted by molar-refractivity contribution is 5.96. The minimum absolute atomic E-state index is 0.0554. The molecule has 0 spiro atoms. The highest BCUT2D eigenvalue weighted by atomic mass is 16.2. The molecule has 8 heteroatoms. The highest BCUT2D eigenvalue weighted by Gasteiger charge is 2.31. The molecule has 1 heterocycles. The van der Waals surface area contributed by atoms with Gasteiger partial charge in [-0.1, -0.05) is 66.7 Å². The van der Waals surface area contributed by atoms with Crippen LogP contribution in [0.2, 0.25) is 0 Å². The Hall–Kier alpha value is -4.17. The van der Waals surface area contributed by atoms with Gasteiger partial charge in [-0.05, 0) is 61.1 Å². The van der Waals surface area contributed by atoms with Crippen LogP contribution < -0.4 is 21.7 Å². The fraction of sp³-hybridized carbons (Fsp3) is 0.323. The van der Waals surface area contributed by atoms with Crippen molar-refractivity contribution in [2.45, 2.75) is 51.9 Å². The molecule has 3 aromatic carbocycles. The van der Waals surface area contributed by atoms with E-state index in [1.165, 1.54) is 0 Å². The summed E-state index contributed by atoms with van der Waals surface area (Å²) in [7, 11) is 0. The molecule has 1 aliphatic heterocycles. The first-order chi connectivity index (χ1) is 18.7. The number of carbonyl (C=O) groups is 3. The number of carbonyl (C=O) groups excluding carboxylic acids is 3. The van der Waals surface area contributed by atoms with Crippen LogP contribution in [-0.2, 0) is 24.3 Å². The van der Waals surface area contributed by atoms with Gasteiger partial charge in [-0.3, -0.25) is 9.59 Å². The average molecular weight is 528 g/mol. The first-order valence-electron chi connectivity index (χ1n) is 13.3. The third-order valence-corrected chi connectivity index (χ3v) is 6.79. The maximum atomic E-state index is 13.5. The maximum Gasteiger partial charge on any atom is 0.315 e. The number of urea groups is 1. The van der Waals surface area contributed by atoms with Gasteiger partial charge in [0, 0.05) is 31.7 Å². The monoisotopic (exact) mass is 527 g/mol. The number of nitrogens with one attached hydrogen (secondary N) is 3. The Labute approximate surface area is 230 Å². The van der Waals surface area contributed by atoms with Crippen LogP contribution in [0, 0.1) is 0 Å². The van der Waals surface area contributed by atoms with Gasteiger partial charge in [0.1, 0.15) is 0 Å². The Bertz CT molecular complexity index is 1330. The van der Waals surface area contributed by atoms with Crippen molar-refractivity contribution in [3.8, 4) is 11.1 Å². The van der Waals surface area contributed by atoms with E-state index < -0.39 is 5.54 Å². The summed E-state index contributed by atoms with van der Waals surface area (Å²) in [5.74, 6) is -0.302. The maximum absolute atomic E-state index is 13.5. The quantitative estimate of drug-likeness (QED) is 0.358. The van der Waals surface area contributed by atoms with E-state index in [0.29, 0.717) is 38.2 Å². The molecule has 0 aliphatic carbocycles. The topological polar surface area (TPSA) is 117 Å². The number of fused-ring (bicyclic) bond motifs is 1. The number of nitrogens with two attached hydrogens (primary N) is 1. The lowest BCUT2D eigenvalue weighted by atomic mass is 9.98. The summed E-state index contributed by atoms with van der Waals surface area (Å²) in [6.07, 6.45) is 0.556. The van der Waals surface area contributed by atoms with Crippen molar-refractivity contribution in [3.05, 3.63) is 95.1 Å². The third kappa shape index (κ3) is 7.03. The molecular formula is C31H37N5O3. The standard InChI is InChI=1S/C31H37N5O3/c1-4-33-30(39)34-18-24-10-6-7-11-26(24)22-15-13-21(14-16-22)19-36-20-25(35-29(38)31(2,3)32)17-23-9-5-8-12-27(23)28(36)37/h5-16,25H,4,17-20,32H2,1-3H3,(H,35,38)(H2,33,34,39)/t25-/m1/s1. The number of benzene rings is 3. The predicted molar refractivity (Wildman–Crippen MR) is 153 cm³/mol. The lowest BCUT2D eigenvalue weighted by molar-refractivity contribution is -0.126. The minimum Gasteiger partial charge on any atom is -0.350 e. The largest absolute Gasteiger partial charge is 0.350 e. The van der Waals surface area contributed by atoms with Crippen molar-refractivity contribution in [2.75, 3.05) is 13.1 Å². The van der Waals surface area contributed by atoms with Crippen molar-refractivity contribution in [1.29, 1.82) is 0 Å². The summed E-state index contributed by atoms with van der Waals surface area (Å²) in [5.41, 5.74) is 10.6. The number of nitrogens with zero attached hydrogens (tertiary/aromatic N) is 1. The van der Waals surface area contributed by atoms with Gasteiger partial charge >= 0.3 is 6.03 Å². The van der Waals surface area contributed by atoms with E-state index in [1.807, 2.05) is 79.7 Å². The Balaban J connectivity index is 1.53. The summed E-state index contributed by atoms with van der Waals surface area (Å²) in [4.78, 5) is 39.8. The minimum atomic E-state index is -1.01. The normalized spacial score (nSPS) is 15.2. The van der Waals surface area contributed by atoms with E-state index >= 15 is 0 Å². The molecule has 0 radical (unpaired) electrons. The van der Waals surface area contributed by atoms with Crippen molar-refractivity contribution < 1.29 is 14.4 Å². The van der Waals surface area contributed by atoms with E-state index in [2.05, 4.69) is 16.0 Å². The number of hydrogen-bond acceptors (Lipinski definition) is 4. The molecule has 0 bridgehead atoms. The van der Waals surface area contributed by atoms with Crippen LogP contribution in [0.5, 0.6) is 0 Å². The average Bonchev–Trinajstić information content (AvgIpc) is 3.04. The Kier molecular flexibility index (Phi) is 8.66. The van der Waals surface area contributed by atoms with Gasteiger partial charge in [0.05, 0.1) is 11.6 Å². The molecule has 0 unspecified atom stereocenters. The van der Waals surface area contributed by atoms with Crippen LogP contribution >= 0.6 is 0 Å². The number of hydrogen-bond donors (Lipinski definition) is 4. The summed E-state index contributed by atoms with van der Waals surface area (Å²) >= 11 is 0. The molecule has 39 heavy (non-hydrogen) atoms. The first kappa shape index (κ1) is 27.9. The summed E-state index contributed by atoms with van der Waals surface area (Å²) in [6, 6.07) is 23.2. The lowest BCUT2D eigenvalue weighted by Gasteiger charge is -2.28. The van der Waals surface area contributed by atoms with E-state index in [-0.39, 0.29) is 23.9 Å². The summed E-state index contributed by atoms with van der Waals surface area (Å²) in [6.45, 7) is 7.00. The molecule has 4 amide bonds.